The van der Waals surface area contributed by atoms with Gasteiger partial charge < -0.3 is 19.5 Å². The molecule has 0 spiro atoms. The molecule has 0 heterocycles. The van der Waals surface area contributed by atoms with Gasteiger partial charge >= 0.3 is 5.97 Å². The second-order valence-electron chi connectivity index (χ2n) is 5.15. The summed E-state index contributed by atoms with van der Waals surface area (Å²) in [5.74, 6) is -0.128. The van der Waals surface area contributed by atoms with Crippen molar-refractivity contribution in [1.29, 1.82) is 0 Å². The van der Waals surface area contributed by atoms with E-state index in [0.717, 1.165) is 10.0 Å². The highest BCUT2D eigenvalue weighted by atomic mass is 79.9. The Balaban J connectivity index is 1.96. The lowest BCUT2D eigenvalue weighted by atomic mass is 10.2. The number of aryl methyl sites for hydroxylation is 1. The van der Waals surface area contributed by atoms with Gasteiger partial charge in [0.25, 0.3) is 5.91 Å². The van der Waals surface area contributed by atoms with E-state index in [1.54, 1.807) is 18.2 Å². The first-order chi connectivity index (χ1) is 11.9. The third-order valence-electron chi connectivity index (χ3n) is 3.42. The van der Waals surface area contributed by atoms with E-state index in [-0.39, 0.29) is 12.2 Å². The largest absolute Gasteiger partial charge is 0.493 e. The fraction of sp³-hybridized carbons (Fsp3) is 0.222. The van der Waals surface area contributed by atoms with Crippen LogP contribution < -0.4 is 14.8 Å². The lowest BCUT2D eigenvalue weighted by molar-refractivity contribution is -0.119. The lowest BCUT2D eigenvalue weighted by Gasteiger charge is -2.11. The van der Waals surface area contributed by atoms with Gasteiger partial charge in [-0.3, -0.25) is 4.79 Å². The number of benzene rings is 2. The molecule has 0 fully saturated rings. The summed E-state index contributed by atoms with van der Waals surface area (Å²) >= 11 is 3.36. The van der Waals surface area contributed by atoms with Gasteiger partial charge in [0.15, 0.2) is 18.1 Å². The van der Waals surface area contributed by atoms with E-state index in [0.29, 0.717) is 17.2 Å². The summed E-state index contributed by atoms with van der Waals surface area (Å²) in [6.07, 6.45) is 0. The molecule has 0 saturated heterocycles. The molecule has 0 aliphatic carbocycles. The summed E-state index contributed by atoms with van der Waals surface area (Å²) in [7, 11) is 2.98. The summed E-state index contributed by atoms with van der Waals surface area (Å²) in [5.41, 5.74) is 1.83. The molecule has 2 aromatic rings. The van der Waals surface area contributed by atoms with Crippen LogP contribution in [0.1, 0.15) is 15.9 Å². The molecular formula is C18H18BrNO5. The van der Waals surface area contributed by atoms with Crippen LogP contribution in [-0.4, -0.2) is 32.7 Å². The molecule has 1 N–H and O–H groups in total. The van der Waals surface area contributed by atoms with Crippen molar-refractivity contribution in [2.24, 2.45) is 0 Å². The molecule has 0 atom stereocenters. The predicted molar refractivity (Wildman–Crippen MR) is 97.3 cm³/mol. The van der Waals surface area contributed by atoms with Gasteiger partial charge in [0.05, 0.1) is 19.8 Å². The van der Waals surface area contributed by atoms with Crippen LogP contribution in [0.4, 0.5) is 5.69 Å². The Labute approximate surface area is 154 Å². The fourth-order valence-electron chi connectivity index (χ4n) is 2.13. The number of anilines is 1. The van der Waals surface area contributed by atoms with Crippen LogP contribution in [0.3, 0.4) is 0 Å². The van der Waals surface area contributed by atoms with E-state index in [1.807, 2.05) is 19.1 Å². The number of halogens is 1. The van der Waals surface area contributed by atoms with Crippen molar-refractivity contribution in [3.05, 3.63) is 52.0 Å². The number of carbonyl (C=O) groups is 2. The zero-order chi connectivity index (χ0) is 18.4. The first-order valence-electron chi connectivity index (χ1n) is 7.39. The van der Waals surface area contributed by atoms with Crippen LogP contribution in [0.25, 0.3) is 0 Å². The number of methoxy groups -OCH3 is 2. The monoisotopic (exact) mass is 407 g/mol. The number of hydrogen-bond acceptors (Lipinski definition) is 5. The van der Waals surface area contributed by atoms with Crippen molar-refractivity contribution in [2.75, 3.05) is 26.1 Å². The lowest BCUT2D eigenvalue weighted by Crippen LogP contribution is -2.21. The number of nitrogens with one attached hydrogen (secondary N) is 1. The average Bonchev–Trinajstić information content (AvgIpc) is 2.61. The molecule has 2 rings (SSSR count). The summed E-state index contributed by atoms with van der Waals surface area (Å²) in [6, 6.07) is 10.1. The third-order valence-corrected chi connectivity index (χ3v) is 3.91. The minimum atomic E-state index is -0.622. The van der Waals surface area contributed by atoms with Crippen LogP contribution in [0.15, 0.2) is 40.9 Å². The number of hydrogen-bond donors (Lipinski definition) is 1. The predicted octanol–water partition coefficient (Wildman–Crippen LogP) is 3.57. The van der Waals surface area contributed by atoms with Gasteiger partial charge in [0, 0.05) is 10.2 Å². The molecular weight excluding hydrogens is 390 g/mol. The summed E-state index contributed by atoms with van der Waals surface area (Å²) < 4.78 is 16.2. The number of esters is 1. The van der Waals surface area contributed by atoms with Gasteiger partial charge in [0.2, 0.25) is 0 Å². The Morgan fingerprint density at radius 3 is 2.40 bits per heavy atom. The number of ether oxygens (including phenoxy) is 3. The Morgan fingerprint density at radius 1 is 1.04 bits per heavy atom. The van der Waals surface area contributed by atoms with Crippen molar-refractivity contribution < 1.29 is 23.8 Å². The van der Waals surface area contributed by atoms with Crippen LogP contribution in [0, 0.1) is 6.92 Å². The molecule has 0 saturated carbocycles. The molecule has 132 valence electrons. The van der Waals surface area contributed by atoms with Crippen LogP contribution in [-0.2, 0) is 9.53 Å². The number of carbonyl (C=O) groups excluding carboxylic acids is 2. The summed E-state index contributed by atoms with van der Waals surface area (Å²) in [6.45, 7) is 1.48. The van der Waals surface area contributed by atoms with Gasteiger partial charge in [-0.15, -0.1) is 0 Å². The highest BCUT2D eigenvalue weighted by Crippen LogP contribution is 2.27. The van der Waals surface area contributed by atoms with Crippen molar-refractivity contribution in [2.45, 2.75) is 6.92 Å². The highest BCUT2D eigenvalue weighted by molar-refractivity contribution is 9.10. The van der Waals surface area contributed by atoms with Gasteiger partial charge in [-0.2, -0.15) is 0 Å². The molecule has 25 heavy (non-hydrogen) atoms. The maximum Gasteiger partial charge on any atom is 0.338 e. The zero-order valence-electron chi connectivity index (χ0n) is 14.1. The molecule has 6 nitrogen and oxygen atoms in total. The van der Waals surface area contributed by atoms with E-state index in [9.17, 15) is 9.59 Å². The second-order valence-corrected chi connectivity index (χ2v) is 6.07. The van der Waals surface area contributed by atoms with Crippen LogP contribution in [0.5, 0.6) is 11.5 Å². The molecule has 0 aliphatic rings. The summed E-state index contributed by atoms with van der Waals surface area (Å²) in [4.78, 5) is 24.0. The van der Waals surface area contributed by atoms with Crippen LogP contribution in [0.2, 0.25) is 0 Å². The first-order valence-corrected chi connectivity index (χ1v) is 8.19. The SMILES string of the molecule is COc1ccc(C(=O)OCC(=O)Nc2ccc(Br)cc2C)cc1OC. The third kappa shape index (κ3) is 4.96. The van der Waals surface area contributed by atoms with Gasteiger partial charge in [-0.1, -0.05) is 15.9 Å². The van der Waals surface area contributed by atoms with Gasteiger partial charge in [0.1, 0.15) is 0 Å². The Bertz CT molecular complexity index is 791. The fourth-order valence-corrected chi connectivity index (χ4v) is 2.61. The highest BCUT2D eigenvalue weighted by Gasteiger charge is 2.14. The van der Waals surface area contributed by atoms with Gasteiger partial charge in [-0.05, 0) is 48.9 Å². The Hall–Kier alpha value is -2.54. The smallest absolute Gasteiger partial charge is 0.338 e. The average molecular weight is 408 g/mol. The maximum absolute atomic E-state index is 12.1. The topological polar surface area (TPSA) is 73.9 Å². The number of rotatable bonds is 6. The molecule has 2 aromatic carbocycles. The minimum absolute atomic E-state index is 0.269. The maximum atomic E-state index is 12.1. The van der Waals surface area contributed by atoms with Crippen molar-refractivity contribution >= 4 is 33.5 Å². The van der Waals surface area contributed by atoms with Gasteiger partial charge in [-0.25, -0.2) is 4.79 Å². The van der Waals surface area contributed by atoms with E-state index in [1.165, 1.54) is 20.3 Å². The molecule has 0 aliphatic heterocycles. The van der Waals surface area contributed by atoms with Crippen molar-refractivity contribution in [1.82, 2.24) is 0 Å². The Kier molecular flexibility index (Phi) is 6.41. The standard InChI is InChI=1S/C18H18BrNO5/c1-11-8-13(19)5-6-14(11)20-17(21)10-25-18(22)12-4-7-15(23-2)16(9-12)24-3/h4-9H,10H2,1-3H3,(H,20,21). The van der Waals surface area contributed by atoms with E-state index in [2.05, 4.69) is 21.2 Å². The quantitative estimate of drug-likeness (QED) is 0.740. The minimum Gasteiger partial charge on any atom is -0.493 e. The normalized spacial score (nSPS) is 10.1. The number of amides is 1. The molecule has 0 bridgehead atoms. The molecule has 1 amide bonds. The van der Waals surface area contributed by atoms with E-state index < -0.39 is 11.9 Å². The molecule has 0 radical (unpaired) electrons. The first kappa shape index (κ1) is 18.8. The molecule has 0 unspecified atom stereocenters. The van der Waals surface area contributed by atoms with E-state index in [4.69, 9.17) is 14.2 Å². The molecule has 7 heteroatoms. The van der Waals surface area contributed by atoms with Crippen LogP contribution >= 0.6 is 15.9 Å². The van der Waals surface area contributed by atoms with Crippen molar-refractivity contribution in [3.63, 3.8) is 0 Å². The molecule has 0 aromatic heterocycles. The zero-order valence-corrected chi connectivity index (χ0v) is 15.7. The second kappa shape index (κ2) is 8.53. The summed E-state index contributed by atoms with van der Waals surface area (Å²) in [5, 5.41) is 2.70. The van der Waals surface area contributed by atoms with Crippen molar-refractivity contribution in [3.8, 4) is 11.5 Å². The van der Waals surface area contributed by atoms with E-state index >= 15 is 0 Å². The Morgan fingerprint density at radius 2 is 1.76 bits per heavy atom.